The Morgan fingerprint density at radius 2 is 1.71 bits per heavy atom. The van der Waals surface area contributed by atoms with Crippen molar-refractivity contribution in [1.29, 1.82) is 0 Å². The van der Waals surface area contributed by atoms with Gasteiger partial charge in [0.25, 0.3) is 0 Å². The first kappa shape index (κ1) is 17.2. The number of hydrogen-bond acceptors (Lipinski definition) is 4. The quantitative estimate of drug-likeness (QED) is 0.515. The summed E-state index contributed by atoms with van der Waals surface area (Å²) in [5.74, 6) is -0.926. The maximum Gasteiger partial charge on any atom is 0.329 e. The van der Waals surface area contributed by atoms with Crippen molar-refractivity contribution in [2.75, 3.05) is 12.4 Å². The van der Waals surface area contributed by atoms with Crippen LogP contribution in [0.3, 0.4) is 0 Å². The smallest absolute Gasteiger partial charge is 0.329 e. The molecule has 0 radical (unpaired) electrons. The van der Waals surface area contributed by atoms with E-state index < -0.39 is 11.8 Å². The summed E-state index contributed by atoms with van der Waals surface area (Å²) in [6.45, 7) is 3.73. The van der Waals surface area contributed by atoms with Crippen LogP contribution in [0.5, 0.6) is 5.75 Å². The van der Waals surface area contributed by atoms with Crippen molar-refractivity contribution in [2.45, 2.75) is 13.8 Å². The lowest BCUT2D eigenvalue weighted by Crippen LogP contribution is -2.32. The van der Waals surface area contributed by atoms with Crippen molar-refractivity contribution in [2.24, 2.45) is 5.10 Å². The van der Waals surface area contributed by atoms with Gasteiger partial charge in [0.2, 0.25) is 0 Å². The van der Waals surface area contributed by atoms with E-state index in [1.165, 1.54) is 6.21 Å². The molecule has 2 aromatic carbocycles. The largest absolute Gasteiger partial charge is 0.497 e. The van der Waals surface area contributed by atoms with Gasteiger partial charge in [-0.25, -0.2) is 5.43 Å². The van der Waals surface area contributed by atoms with Crippen molar-refractivity contribution in [3.8, 4) is 5.75 Å². The Bertz CT molecular complexity index is 765. The maximum atomic E-state index is 11.9. The number of aryl methyl sites for hydroxylation is 2. The van der Waals surface area contributed by atoms with Crippen LogP contribution in [0.1, 0.15) is 16.7 Å². The molecule has 0 saturated heterocycles. The summed E-state index contributed by atoms with van der Waals surface area (Å²) < 4.78 is 5.10. The molecule has 0 bridgehead atoms. The third-order valence-corrected chi connectivity index (χ3v) is 3.40. The van der Waals surface area contributed by atoms with Crippen molar-refractivity contribution in [1.82, 2.24) is 5.43 Å². The minimum absolute atomic E-state index is 0.634. The molecule has 0 aliphatic heterocycles. The lowest BCUT2D eigenvalue weighted by Gasteiger charge is -2.10. The lowest BCUT2D eigenvalue weighted by molar-refractivity contribution is -0.136. The Hall–Kier alpha value is -3.15. The van der Waals surface area contributed by atoms with Crippen LogP contribution in [-0.4, -0.2) is 25.1 Å². The number of benzene rings is 2. The van der Waals surface area contributed by atoms with E-state index in [1.807, 2.05) is 32.0 Å². The van der Waals surface area contributed by atoms with Crippen molar-refractivity contribution in [3.63, 3.8) is 0 Å². The van der Waals surface area contributed by atoms with Crippen molar-refractivity contribution < 1.29 is 14.3 Å². The SMILES string of the molecule is COc1cccc(/C=N\NC(=O)C(=O)Nc2c(C)cccc2C)c1. The number of carbonyl (C=O) groups excluding carboxylic acids is 2. The van der Waals surface area contributed by atoms with Gasteiger partial charge in [0.15, 0.2) is 0 Å². The fourth-order valence-electron chi connectivity index (χ4n) is 2.12. The molecule has 0 fully saturated rings. The van der Waals surface area contributed by atoms with Gasteiger partial charge in [-0.3, -0.25) is 9.59 Å². The van der Waals surface area contributed by atoms with E-state index >= 15 is 0 Å². The van der Waals surface area contributed by atoms with Crippen LogP contribution in [0, 0.1) is 13.8 Å². The van der Waals surface area contributed by atoms with E-state index in [-0.39, 0.29) is 0 Å². The van der Waals surface area contributed by atoms with E-state index in [2.05, 4.69) is 15.8 Å². The number of nitrogens with zero attached hydrogens (tertiary/aromatic N) is 1. The number of hydrogen-bond donors (Lipinski definition) is 2. The van der Waals surface area contributed by atoms with Crippen LogP contribution in [0.15, 0.2) is 47.6 Å². The van der Waals surface area contributed by atoms with Gasteiger partial charge < -0.3 is 10.1 Å². The summed E-state index contributed by atoms with van der Waals surface area (Å²) in [7, 11) is 1.57. The van der Waals surface area contributed by atoms with Gasteiger partial charge in [0.05, 0.1) is 13.3 Å². The molecule has 0 heterocycles. The first-order chi connectivity index (χ1) is 11.5. The number of amides is 2. The summed E-state index contributed by atoms with van der Waals surface area (Å²) in [4.78, 5) is 23.8. The zero-order chi connectivity index (χ0) is 17.5. The molecule has 0 aliphatic rings. The second-order valence-corrected chi connectivity index (χ2v) is 5.20. The van der Waals surface area contributed by atoms with Crippen molar-refractivity contribution >= 4 is 23.7 Å². The van der Waals surface area contributed by atoms with Gasteiger partial charge in [0.1, 0.15) is 5.75 Å². The van der Waals surface area contributed by atoms with Crippen molar-refractivity contribution in [3.05, 3.63) is 59.2 Å². The van der Waals surface area contributed by atoms with E-state index in [0.717, 1.165) is 16.7 Å². The molecule has 0 saturated carbocycles. The van der Waals surface area contributed by atoms with Gasteiger partial charge in [-0.15, -0.1) is 0 Å². The van der Waals surface area contributed by atoms with Crippen LogP contribution in [0.4, 0.5) is 5.69 Å². The zero-order valence-electron chi connectivity index (χ0n) is 13.8. The summed E-state index contributed by atoms with van der Waals surface area (Å²) in [5.41, 5.74) is 5.35. The Morgan fingerprint density at radius 1 is 1.04 bits per heavy atom. The van der Waals surface area contributed by atoms with Crippen LogP contribution < -0.4 is 15.5 Å². The fraction of sp³-hybridized carbons (Fsp3) is 0.167. The average Bonchev–Trinajstić information content (AvgIpc) is 2.58. The predicted molar refractivity (Wildman–Crippen MR) is 93.3 cm³/mol. The highest BCUT2D eigenvalue weighted by Gasteiger charge is 2.14. The van der Waals surface area contributed by atoms with E-state index in [4.69, 9.17) is 4.74 Å². The topological polar surface area (TPSA) is 79.8 Å². The molecule has 2 amide bonds. The molecule has 2 N–H and O–H groups in total. The minimum Gasteiger partial charge on any atom is -0.497 e. The Labute approximate surface area is 140 Å². The second kappa shape index (κ2) is 7.92. The second-order valence-electron chi connectivity index (χ2n) is 5.20. The minimum atomic E-state index is -0.836. The average molecular weight is 325 g/mol. The summed E-state index contributed by atoms with van der Waals surface area (Å²) in [6.07, 6.45) is 1.44. The number of carbonyl (C=O) groups is 2. The lowest BCUT2D eigenvalue weighted by atomic mass is 10.1. The molecule has 24 heavy (non-hydrogen) atoms. The molecule has 0 aliphatic carbocycles. The first-order valence-electron chi connectivity index (χ1n) is 7.36. The fourth-order valence-corrected chi connectivity index (χ4v) is 2.12. The first-order valence-corrected chi connectivity index (χ1v) is 7.36. The van der Waals surface area contributed by atoms with Gasteiger partial charge in [-0.1, -0.05) is 30.3 Å². The van der Waals surface area contributed by atoms with E-state index in [1.54, 1.807) is 31.4 Å². The molecule has 2 aromatic rings. The van der Waals surface area contributed by atoms with Gasteiger partial charge >= 0.3 is 11.8 Å². The number of ether oxygens (including phenoxy) is 1. The monoisotopic (exact) mass is 325 g/mol. The molecule has 0 aromatic heterocycles. The molecule has 6 heteroatoms. The van der Waals surface area contributed by atoms with Gasteiger partial charge in [0, 0.05) is 5.69 Å². The molecule has 6 nitrogen and oxygen atoms in total. The van der Waals surface area contributed by atoms with Crippen LogP contribution in [0.25, 0.3) is 0 Å². The summed E-state index contributed by atoms with van der Waals surface area (Å²) in [6, 6.07) is 12.8. The number of hydrazone groups is 1. The molecular weight excluding hydrogens is 306 g/mol. The van der Waals surface area contributed by atoms with Gasteiger partial charge in [-0.05, 0) is 42.7 Å². The summed E-state index contributed by atoms with van der Waals surface area (Å²) in [5, 5.41) is 6.38. The highest BCUT2D eigenvalue weighted by atomic mass is 16.5. The Morgan fingerprint density at radius 3 is 2.38 bits per heavy atom. The highest BCUT2D eigenvalue weighted by molar-refractivity contribution is 6.39. The van der Waals surface area contributed by atoms with Crippen LogP contribution in [-0.2, 0) is 9.59 Å². The molecule has 0 unspecified atom stereocenters. The molecular formula is C18H19N3O3. The van der Waals surface area contributed by atoms with E-state index in [9.17, 15) is 9.59 Å². The number of rotatable bonds is 4. The van der Waals surface area contributed by atoms with Gasteiger partial charge in [-0.2, -0.15) is 5.10 Å². The third kappa shape index (κ3) is 4.42. The van der Waals surface area contributed by atoms with Crippen LogP contribution in [0.2, 0.25) is 0 Å². The number of anilines is 1. The zero-order valence-corrected chi connectivity index (χ0v) is 13.8. The predicted octanol–water partition coefficient (Wildman–Crippen LogP) is 2.40. The molecule has 2 rings (SSSR count). The number of nitrogens with one attached hydrogen (secondary N) is 2. The molecule has 0 atom stereocenters. The number of para-hydroxylation sites is 1. The Kier molecular flexibility index (Phi) is 5.68. The van der Waals surface area contributed by atoms with E-state index in [0.29, 0.717) is 11.4 Å². The molecule has 124 valence electrons. The Balaban J connectivity index is 1.96. The third-order valence-electron chi connectivity index (χ3n) is 3.40. The number of methoxy groups -OCH3 is 1. The summed E-state index contributed by atoms with van der Waals surface area (Å²) >= 11 is 0. The standard InChI is InChI=1S/C18H19N3O3/c1-12-6-4-7-13(2)16(12)20-17(22)18(23)21-19-11-14-8-5-9-15(10-14)24-3/h4-11H,1-3H3,(H,20,22)(H,21,23)/b19-11-. The normalized spacial score (nSPS) is 10.5. The molecule has 0 spiro atoms. The highest BCUT2D eigenvalue weighted by Crippen LogP contribution is 2.19. The maximum absolute atomic E-state index is 11.9. The van der Waals surface area contributed by atoms with Crippen LogP contribution >= 0.6 is 0 Å².